The van der Waals surface area contributed by atoms with Crippen LogP contribution in [0.15, 0.2) is 0 Å². The fourth-order valence-electron chi connectivity index (χ4n) is 2.54. The van der Waals surface area contributed by atoms with E-state index >= 15 is 0 Å². The maximum atomic E-state index is 11.0. The average molecular weight is 227 g/mol. The van der Waals surface area contributed by atoms with Gasteiger partial charge in [-0.25, -0.2) is 0 Å². The number of rotatable bonds is 6. The second-order valence-corrected chi connectivity index (χ2v) is 5.69. The van der Waals surface area contributed by atoms with Gasteiger partial charge >= 0.3 is 5.97 Å². The van der Waals surface area contributed by atoms with Gasteiger partial charge in [0, 0.05) is 5.54 Å². The lowest BCUT2D eigenvalue weighted by Crippen LogP contribution is -2.46. The first-order valence-electron chi connectivity index (χ1n) is 6.41. The van der Waals surface area contributed by atoms with Gasteiger partial charge in [-0.2, -0.15) is 0 Å². The zero-order chi connectivity index (χ0) is 12.2. The zero-order valence-corrected chi connectivity index (χ0v) is 10.8. The number of carboxylic acid groups (broad SMARTS) is 1. The highest BCUT2D eigenvalue weighted by molar-refractivity contribution is 5.68. The van der Waals surface area contributed by atoms with Gasteiger partial charge in [0.25, 0.3) is 0 Å². The molecule has 1 heterocycles. The monoisotopic (exact) mass is 227 g/mol. The smallest absolute Gasteiger partial charge is 0.305 e. The highest BCUT2D eigenvalue weighted by Gasteiger charge is 2.35. The molecule has 1 rings (SSSR count). The van der Waals surface area contributed by atoms with Crippen molar-refractivity contribution in [3.8, 4) is 0 Å². The Balaban J connectivity index is 2.62. The van der Waals surface area contributed by atoms with Gasteiger partial charge in [-0.1, -0.05) is 13.8 Å². The van der Waals surface area contributed by atoms with E-state index in [0.717, 1.165) is 25.9 Å². The first-order chi connectivity index (χ1) is 7.44. The van der Waals surface area contributed by atoms with E-state index in [0.29, 0.717) is 5.92 Å². The standard InChI is InChI=1S/C13H25NO2/c1-11(2)6-7-13(3,10-12(15)16)14-8-4-5-9-14/h11H,4-10H2,1-3H3,(H,15,16). The molecule has 0 aromatic rings. The molecule has 1 atom stereocenters. The Bertz CT molecular complexity index is 234. The van der Waals surface area contributed by atoms with Crippen LogP contribution in [0.1, 0.15) is 52.9 Å². The summed E-state index contributed by atoms with van der Waals surface area (Å²) < 4.78 is 0. The lowest BCUT2D eigenvalue weighted by molar-refractivity contribution is -0.140. The van der Waals surface area contributed by atoms with E-state index in [1.165, 1.54) is 12.8 Å². The van der Waals surface area contributed by atoms with Gasteiger partial charge in [0.15, 0.2) is 0 Å². The molecule has 3 heteroatoms. The number of likely N-dealkylation sites (tertiary alicyclic amines) is 1. The van der Waals surface area contributed by atoms with Gasteiger partial charge in [-0.3, -0.25) is 9.69 Å². The normalized spacial score (nSPS) is 21.2. The fourth-order valence-corrected chi connectivity index (χ4v) is 2.54. The molecule has 3 nitrogen and oxygen atoms in total. The van der Waals surface area contributed by atoms with Crippen LogP contribution in [0.2, 0.25) is 0 Å². The topological polar surface area (TPSA) is 40.5 Å². The summed E-state index contributed by atoms with van der Waals surface area (Å²) in [5.74, 6) is -0.0196. The summed E-state index contributed by atoms with van der Waals surface area (Å²) in [5, 5.41) is 9.05. The van der Waals surface area contributed by atoms with E-state index in [1.807, 2.05) is 0 Å². The van der Waals surface area contributed by atoms with Gasteiger partial charge in [0.2, 0.25) is 0 Å². The molecule has 1 saturated heterocycles. The van der Waals surface area contributed by atoms with Crippen LogP contribution in [-0.4, -0.2) is 34.6 Å². The zero-order valence-electron chi connectivity index (χ0n) is 10.8. The molecule has 0 amide bonds. The predicted molar refractivity (Wildman–Crippen MR) is 65.5 cm³/mol. The highest BCUT2D eigenvalue weighted by Crippen LogP contribution is 2.30. The SMILES string of the molecule is CC(C)CCC(C)(CC(=O)O)N1CCCC1. The number of carbonyl (C=O) groups is 1. The van der Waals surface area contributed by atoms with Crippen molar-refractivity contribution >= 4 is 5.97 Å². The minimum atomic E-state index is -0.668. The van der Waals surface area contributed by atoms with Gasteiger partial charge in [-0.05, 0) is 51.6 Å². The van der Waals surface area contributed by atoms with Crippen LogP contribution < -0.4 is 0 Å². The Hall–Kier alpha value is -0.570. The quantitative estimate of drug-likeness (QED) is 0.758. The molecule has 0 aliphatic carbocycles. The average Bonchev–Trinajstić information content (AvgIpc) is 2.66. The van der Waals surface area contributed by atoms with Crippen LogP contribution >= 0.6 is 0 Å². The molecule has 0 spiro atoms. The van der Waals surface area contributed by atoms with E-state index < -0.39 is 5.97 Å². The van der Waals surface area contributed by atoms with Crippen LogP contribution in [0.5, 0.6) is 0 Å². The molecular formula is C13H25NO2. The Labute approximate surface area is 98.8 Å². The Kier molecular flexibility index (Phi) is 4.78. The van der Waals surface area contributed by atoms with Gasteiger partial charge in [-0.15, -0.1) is 0 Å². The molecule has 1 unspecified atom stereocenters. The number of aliphatic carboxylic acids is 1. The minimum absolute atomic E-state index is 0.132. The van der Waals surface area contributed by atoms with Crippen molar-refractivity contribution in [1.29, 1.82) is 0 Å². The summed E-state index contributed by atoms with van der Waals surface area (Å²) in [6.07, 6.45) is 4.82. The number of hydrogen-bond acceptors (Lipinski definition) is 2. The summed E-state index contributed by atoms with van der Waals surface area (Å²) in [5.41, 5.74) is -0.132. The first-order valence-corrected chi connectivity index (χ1v) is 6.41. The number of hydrogen-bond donors (Lipinski definition) is 1. The van der Waals surface area contributed by atoms with Crippen molar-refractivity contribution in [3.63, 3.8) is 0 Å². The summed E-state index contributed by atoms with van der Waals surface area (Å²) in [4.78, 5) is 13.4. The molecule has 1 fully saturated rings. The molecule has 16 heavy (non-hydrogen) atoms. The van der Waals surface area contributed by atoms with Crippen molar-refractivity contribution in [2.45, 2.75) is 58.4 Å². The largest absolute Gasteiger partial charge is 0.481 e. The Morgan fingerprint density at radius 2 is 1.94 bits per heavy atom. The van der Waals surface area contributed by atoms with Crippen molar-refractivity contribution in [2.24, 2.45) is 5.92 Å². The van der Waals surface area contributed by atoms with E-state index in [2.05, 4.69) is 25.7 Å². The maximum absolute atomic E-state index is 11.0. The molecule has 1 N–H and O–H groups in total. The number of carboxylic acids is 1. The molecule has 0 radical (unpaired) electrons. The summed E-state index contributed by atoms with van der Waals surface area (Å²) in [7, 11) is 0. The van der Waals surface area contributed by atoms with Crippen molar-refractivity contribution in [2.75, 3.05) is 13.1 Å². The summed E-state index contributed by atoms with van der Waals surface area (Å²) >= 11 is 0. The van der Waals surface area contributed by atoms with Gasteiger partial charge in [0.05, 0.1) is 6.42 Å². The summed E-state index contributed by atoms with van der Waals surface area (Å²) in [6.45, 7) is 8.66. The Morgan fingerprint density at radius 3 is 2.38 bits per heavy atom. The number of nitrogens with zero attached hydrogens (tertiary/aromatic N) is 1. The molecule has 0 aromatic carbocycles. The third-order valence-electron chi connectivity index (χ3n) is 3.66. The second-order valence-electron chi connectivity index (χ2n) is 5.69. The van der Waals surface area contributed by atoms with Crippen molar-refractivity contribution in [3.05, 3.63) is 0 Å². The molecule has 0 bridgehead atoms. The molecule has 0 aromatic heterocycles. The van der Waals surface area contributed by atoms with Crippen LogP contribution in [-0.2, 0) is 4.79 Å². The van der Waals surface area contributed by atoms with Gasteiger partial charge < -0.3 is 5.11 Å². The van der Waals surface area contributed by atoms with Crippen LogP contribution in [0.4, 0.5) is 0 Å². The maximum Gasteiger partial charge on any atom is 0.305 e. The molecular weight excluding hydrogens is 202 g/mol. The van der Waals surface area contributed by atoms with Crippen molar-refractivity contribution < 1.29 is 9.90 Å². The Morgan fingerprint density at radius 1 is 1.38 bits per heavy atom. The first kappa shape index (κ1) is 13.5. The van der Waals surface area contributed by atoms with Crippen LogP contribution in [0.3, 0.4) is 0 Å². The fraction of sp³-hybridized carbons (Fsp3) is 0.923. The third kappa shape index (κ3) is 3.78. The molecule has 1 aliphatic rings. The van der Waals surface area contributed by atoms with Crippen molar-refractivity contribution in [1.82, 2.24) is 4.90 Å². The van der Waals surface area contributed by atoms with Crippen LogP contribution in [0, 0.1) is 5.92 Å². The molecule has 0 saturated carbocycles. The predicted octanol–water partition coefficient (Wildman–Crippen LogP) is 2.75. The van der Waals surface area contributed by atoms with E-state index in [9.17, 15) is 4.79 Å². The van der Waals surface area contributed by atoms with E-state index in [1.54, 1.807) is 0 Å². The summed E-state index contributed by atoms with van der Waals surface area (Å²) in [6, 6.07) is 0. The third-order valence-corrected chi connectivity index (χ3v) is 3.66. The molecule has 1 aliphatic heterocycles. The van der Waals surface area contributed by atoms with Crippen LogP contribution in [0.25, 0.3) is 0 Å². The van der Waals surface area contributed by atoms with E-state index in [4.69, 9.17) is 5.11 Å². The van der Waals surface area contributed by atoms with E-state index in [-0.39, 0.29) is 12.0 Å². The second kappa shape index (κ2) is 5.67. The lowest BCUT2D eigenvalue weighted by atomic mass is 9.87. The lowest BCUT2D eigenvalue weighted by Gasteiger charge is -2.38. The highest BCUT2D eigenvalue weighted by atomic mass is 16.4. The van der Waals surface area contributed by atoms with Gasteiger partial charge in [0.1, 0.15) is 0 Å². The minimum Gasteiger partial charge on any atom is -0.481 e. The molecule has 94 valence electrons.